The molecule has 2 amide bonds. The molecule has 8 nitrogen and oxygen atoms in total. The first-order chi connectivity index (χ1) is 15.2. The molecule has 2 N–H and O–H groups in total. The molecule has 0 saturated carbocycles. The third kappa shape index (κ3) is 4.75. The minimum Gasteiger partial charge on any atom is -0.495 e. The highest BCUT2D eigenvalue weighted by Crippen LogP contribution is 2.27. The number of urea groups is 1. The van der Waals surface area contributed by atoms with E-state index < -0.39 is 0 Å². The Balaban J connectivity index is 1.41. The summed E-state index contributed by atoms with van der Waals surface area (Å²) in [4.78, 5) is 25.6. The number of carbonyl (C=O) groups excluding carboxylic acids is 1. The fourth-order valence-electron chi connectivity index (χ4n) is 3.28. The van der Waals surface area contributed by atoms with Gasteiger partial charge in [-0.1, -0.05) is 11.6 Å². The maximum absolute atomic E-state index is 12.3. The van der Waals surface area contributed by atoms with Gasteiger partial charge < -0.3 is 19.9 Å². The van der Waals surface area contributed by atoms with E-state index in [0.29, 0.717) is 36.0 Å². The van der Waals surface area contributed by atoms with Crippen LogP contribution in [0.25, 0.3) is 22.6 Å². The van der Waals surface area contributed by atoms with Crippen molar-refractivity contribution in [3.8, 4) is 17.1 Å². The average molecular weight is 437 g/mol. The maximum atomic E-state index is 12.3. The zero-order chi connectivity index (χ0) is 21.6. The Morgan fingerprint density at radius 2 is 2.00 bits per heavy atom. The number of carbonyl (C=O) groups is 1. The van der Waals surface area contributed by atoms with E-state index in [2.05, 4.69) is 25.2 Å². The van der Waals surface area contributed by atoms with Gasteiger partial charge in [0, 0.05) is 42.3 Å². The van der Waals surface area contributed by atoms with Crippen molar-refractivity contribution in [2.24, 2.45) is 0 Å². The molecule has 0 aliphatic heterocycles. The third-order valence-electron chi connectivity index (χ3n) is 4.70. The molecule has 0 saturated heterocycles. The monoisotopic (exact) mass is 436 g/mol. The summed E-state index contributed by atoms with van der Waals surface area (Å²) < 4.78 is 7.31. The molecule has 0 fully saturated rings. The lowest BCUT2D eigenvalue weighted by Crippen LogP contribution is -2.30. The van der Waals surface area contributed by atoms with Gasteiger partial charge in [-0.15, -0.1) is 0 Å². The van der Waals surface area contributed by atoms with Gasteiger partial charge in [-0.05, 0) is 48.9 Å². The molecule has 4 rings (SSSR count). The van der Waals surface area contributed by atoms with Crippen molar-refractivity contribution in [2.45, 2.75) is 13.0 Å². The Morgan fingerprint density at radius 1 is 1.16 bits per heavy atom. The molecule has 0 unspecified atom stereocenters. The van der Waals surface area contributed by atoms with Crippen LogP contribution in [0.15, 0.2) is 61.1 Å². The predicted octanol–water partition coefficient (Wildman–Crippen LogP) is 4.37. The number of fused-ring (bicyclic) bond motifs is 1. The number of imidazole rings is 1. The second-order valence-electron chi connectivity index (χ2n) is 6.75. The van der Waals surface area contributed by atoms with Crippen LogP contribution < -0.4 is 15.4 Å². The zero-order valence-electron chi connectivity index (χ0n) is 16.9. The summed E-state index contributed by atoms with van der Waals surface area (Å²) in [6.45, 7) is 1.11. The molecule has 4 aromatic rings. The molecule has 9 heteroatoms. The number of hydrogen-bond acceptors (Lipinski definition) is 5. The van der Waals surface area contributed by atoms with Gasteiger partial charge in [-0.3, -0.25) is 4.98 Å². The topological polar surface area (TPSA) is 94.0 Å². The van der Waals surface area contributed by atoms with Gasteiger partial charge in [-0.2, -0.15) is 0 Å². The highest BCUT2D eigenvalue weighted by molar-refractivity contribution is 6.31. The number of amides is 2. The Bertz CT molecular complexity index is 1200. The smallest absolute Gasteiger partial charge is 0.319 e. The summed E-state index contributed by atoms with van der Waals surface area (Å²) in [5.74, 6) is 1.36. The number of ether oxygens (including phenoxy) is 1. The molecule has 0 aliphatic carbocycles. The van der Waals surface area contributed by atoms with Crippen molar-refractivity contribution in [1.82, 2.24) is 24.8 Å². The van der Waals surface area contributed by atoms with Gasteiger partial charge in [0.15, 0.2) is 5.65 Å². The number of halogens is 1. The molecule has 1 aromatic carbocycles. The number of aromatic nitrogens is 4. The lowest BCUT2D eigenvalue weighted by Gasteiger charge is -2.12. The fourth-order valence-corrected chi connectivity index (χ4v) is 3.45. The van der Waals surface area contributed by atoms with Crippen molar-refractivity contribution < 1.29 is 9.53 Å². The molecule has 0 atom stereocenters. The van der Waals surface area contributed by atoms with Crippen LogP contribution in [-0.2, 0) is 6.54 Å². The Morgan fingerprint density at radius 3 is 2.81 bits per heavy atom. The average Bonchev–Trinajstić information content (AvgIpc) is 3.16. The highest BCUT2D eigenvalue weighted by atomic mass is 35.5. The van der Waals surface area contributed by atoms with Crippen LogP contribution in [0.4, 0.5) is 10.5 Å². The second kappa shape index (κ2) is 9.44. The van der Waals surface area contributed by atoms with Crippen LogP contribution in [0.5, 0.6) is 5.75 Å². The van der Waals surface area contributed by atoms with E-state index in [-0.39, 0.29) is 6.03 Å². The van der Waals surface area contributed by atoms with Gasteiger partial charge in [-0.25, -0.2) is 14.8 Å². The van der Waals surface area contributed by atoms with Crippen LogP contribution >= 0.6 is 11.6 Å². The number of anilines is 1. The number of nitrogens with zero attached hydrogens (tertiary/aromatic N) is 4. The summed E-state index contributed by atoms with van der Waals surface area (Å²) in [7, 11) is 1.54. The number of aryl methyl sites for hydroxylation is 1. The van der Waals surface area contributed by atoms with Crippen LogP contribution in [-0.4, -0.2) is 39.2 Å². The van der Waals surface area contributed by atoms with E-state index >= 15 is 0 Å². The predicted molar refractivity (Wildman–Crippen MR) is 120 cm³/mol. The Labute approximate surface area is 184 Å². The molecule has 158 valence electrons. The molecule has 0 radical (unpaired) electrons. The van der Waals surface area contributed by atoms with E-state index in [4.69, 9.17) is 21.3 Å². The second-order valence-corrected chi connectivity index (χ2v) is 7.18. The lowest BCUT2D eigenvalue weighted by molar-refractivity contribution is 0.251. The number of nitrogens with one attached hydrogen (secondary N) is 2. The van der Waals surface area contributed by atoms with Gasteiger partial charge in [0.05, 0.1) is 12.8 Å². The lowest BCUT2D eigenvalue weighted by atomic mass is 10.2. The molecule has 0 spiro atoms. The molecular formula is C22H21ClN6O2. The summed E-state index contributed by atoms with van der Waals surface area (Å²) in [5.41, 5.74) is 3.11. The highest BCUT2D eigenvalue weighted by Gasteiger charge is 2.13. The normalized spacial score (nSPS) is 10.8. The van der Waals surface area contributed by atoms with Gasteiger partial charge in [0.25, 0.3) is 0 Å². The Kier molecular flexibility index (Phi) is 6.28. The van der Waals surface area contributed by atoms with E-state index in [1.165, 1.54) is 7.11 Å². The van der Waals surface area contributed by atoms with Gasteiger partial charge >= 0.3 is 6.03 Å². The number of benzene rings is 1. The van der Waals surface area contributed by atoms with E-state index in [1.54, 1.807) is 36.8 Å². The SMILES string of the molecule is COc1ccc(Cl)cc1NC(=O)NCCCn1c(-c2ccncc2)nc2cccnc21. The number of rotatable bonds is 7. The number of hydrogen-bond donors (Lipinski definition) is 2. The first-order valence-corrected chi connectivity index (χ1v) is 10.1. The molecule has 3 heterocycles. The first kappa shape index (κ1) is 20.6. The zero-order valence-corrected chi connectivity index (χ0v) is 17.6. The first-order valence-electron chi connectivity index (χ1n) is 9.76. The Hall–Kier alpha value is -3.65. The van der Waals surface area contributed by atoms with Crippen LogP contribution in [0.2, 0.25) is 5.02 Å². The fraction of sp³-hybridized carbons (Fsp3) is 0.182. The van der Waals surface area contributed by atoms with Crippen molar-refractivity contribution in [1.29, 1.82) is 0 Å². The summed E-state index contributed by atoms with van der Waals surface area (Å²) in [5, 5.41) is 6.14. The largest absolute Gasteiger partial charge is 0.495 e. The molecule has 31 heavy (non-hydrogen) atoms. The van der Waals surface area contributed by atoms with E-state index in [9.17, 15) is 4.79 Å². The van der Waals surface area contributed by atoms with E-state index in [1.807, 2.05) is 24.3 Å². The molecule has 3 aromatic heterocycles. The van der Waals surface area contributed by atoms with Crippen LogP contribution in [0, 0.1) is 0 Å². The maximum Gasteiger partial charge on any atom is 0.319 e. The van der Waals surface area contributed by atoms with Crippen LogP contribution in [0.1, 0.15) is 6.42 Å². The van der Waals surface area contributed by atoms with Gasteiger partial charge in [0.1, 0.15) is 17.1 Å². The van der Waals surface area contributed by atoms with Crippen molar-refractivity contribution in [2.75, 3.05) is 19.0 Å². The quantitative estimate of drug-likeness (QED) is 0.419. The summed E-state index contributed by atoms with van der Waals surface area (Å²) >= 11 is 6.01. The number of methoxy groups -OCH3 is 1. The van der Waals surface area contributed by atoms with Crippen molar-refractivity contribution in [3.63, 3.8) is 0 Å². The molecule has 0 bridgehead atoms. The van der Waals surface area contributed by atoms with Gasteiger partial charge in [0.2, 0.25) is 0 Å². The standard InChI is InChI=1S/C22H21ClN6O2/c1-31-19-6-5-16(23)14-18(19)28-22(30)26-10-3-13-29-20(15-7-11-24-12-8-15)27-17-4-2-9-25-21(17)29/h2,4-9,11-12,14H,3,10,13H2,1H3,(H2,26,28,30). The van der Waals surface area contributed by atoms with Crippen LogP contribution in [0.3, 0.4) is 0 Å². The number of pyridine rings is 2. The van der Waals surface area contributed by atoms with Crippen molar-refractivity contribution >= 4 is 34.5 Å². The minimum absolute atomic E-state index is 0.330. The third-order valence-corrected chi connectivity index (χ3v) is 4.93. The molecule has 0 aliphatic rings. The minimum atomic E-state index is -0.330. The summed E-state index contributed by atoms with van der Waals surface area (Å²) in [6, 6.07) is 12.4. The van der Waals surface area contributed by atoms with E-state index in [0.717, 1.165) is 22.6 Å². The summed E-state index contributed by atoms with van der Waals surface area (Å²) in [6.07, 6.45) is 5.92. The van der Waals surface area contributed by atoms with Crippen molar-refractivity contribution in [3.05, 3.63) is 66.1 Å². The molecular weight excluding hydrogens is 416 g/mol.